The standard InChI is InChI=1S/C14H15Br2NO2/c15-10-2-4-12(13(16)8-10)14-5-3-11(19-14)9-17-6-1-7-18/h2-5,8,17-18H,1,6-7,9H2. The van der Waals surface area contributed by atoms with Gasteiger partial charge in [-0.2, -0.15) is 0 Å². The van der Waals surface area contributed by atoms with Crippen molar-refractivity contribution in [2.75, 3.05) is 13.2 Å². The molecule has 3 nitrogen and oxygen atoms in total. The van der Waals surface area contributed by atoms with Gasteiger partial charge in [-0.25, -0.2) is 0 Å². The molecule has 2 N–H and O–H groups in total. The monoisotopic (exact) mass is 387 g/mol. The molecule has 0 aliphatic rings. The molecule has 0 saturated heterocycles. The Balaban J connectivity index is 2.04. The smallest absolute Gasteiger partial charge is 0.135 e. The highest BCUT2D eigenvalue weighted by Gasteiger charge is 2.08. The molecule has 0 unspecified atom stereocenters. The lowest BCUT2D eigenvalue weighted by Gasteiger charge is -2.03. The molecule has 1 aromatic carbocycles. The van der Waals surface area contributed by atoms with Gasteiger partial charge in [-0.05, 0) is 59.2 Å². The molecule has 2 rings (SSSR count). The predicted molar refractivity (Wildman–Crippen MR) is 83.0 cm³/mol. The Morgan fingerprint density at radius 3 is 2.74 bits per heavy atom. The van der Waals surface area contributed by atoms with Crippen LogP contribution in [-0.4, -0.2) is 18.3 Å². The van der Waals surface area contributed by atoms with Crippen LogP contribution in [0.1, 0.15) is 12.2 Å². The Morgan fingerprint density at radius 2 is 2.00 bits per heavy atom. The second-order valence-corrected chi connectivity index (χ2v) is 5.91. The van der Waals surface area contributed by atoms with Crippen molar-refractivity contribution in [3.8, 4) is 11.3 Å². The Kier molecular flexibility index (Phi) is 5.63. The third-order valence-electron chi connectivity index (χ3n) is 2.67. The molecule has 0 bridgehead atoms. The first-order chi connectivity index (χ1) is 9.20. The number of hydrogen-bond acceptors (Lipinski definition) is 3. The number of hydrogen-bond donors (Lipinski definition) is 2. The van der Waals surface area contributed by atoms with E-state index in [-0.39, 0.29) is 6.61 Å². The van der Waals surface area contributed by atoms with Gasteiger partial charge in [0.1, 0.15) is 11.5 Å². The summed E-state index contributed by atoms with van der Waals surface area (Å²) in [6, 6.07) is 9.93. The number of nitrogens with one attached hydrogen (secondary N) is 1. The maximum atomic E-state index is 8.70. The van der Waals surface area contributed by atoms with E-state index in [0.717, 1.165) is 39.0 Å². The summed E-state index contributed by atoms with van der Waals surface area (Å²) in [4.78, 5) is 0. The van der Waals surface area contributed by atoms with Crippen molar-refractivity contribution >= 4 is 31.9 Å². The number of rotatable bonds is 6. The molecule has 0 radical (unpaired) electrons. The zero-order valence-corrected chi connectivity index (χ0v) is 13.5. The minimum Gasteiger partial charge on any atom is -0.460 e. The van der Waals surface area contributed by atoms with Gasteiger partial charge < -0.3 is 14.8 Å². The van der Waals surface area contributed by atoms with Crippen LogP contribution < -0.4 is 5.32 Å². The van der Waals surface area contributed by atoms with Crippen LogP contribution in [0.2, 0.25) is 0 Å². The van der Waals surface area contributed by atoms with E-state index in [9.17, 15) is 0 Å². The van der Waals surface area contributed by atoms with Crippen molar-refractivity contribution in [2.24, 2.45) is 0 Å². The molecule has 0 spiro atoms. The van der Waals surface area contributed by atoms with Crippen LogP contribution in [0.15, 0.2) is 43.7 Å². The molecule has 0 aliphatic carbocycles. The van der Waals surface area contributed by atoms with Gasteiger partial charge in [-0.3, -0.25) is 0 Å². The van der Waals surface area contributed by atoms with Crippen molar-refractivity contribution in [3.05, 3.63) is 45.0 Å². The topological polar surface area (TPSA) is 45.4 Å². The van der Waals surface area contributed by atoms with Gasteiger partial charge in [0.05, 0.1) is 6.54 Å². The SMILES string of the molecule is OCCCNCc1ccc(-c2ccc(Br)cc2Br)o1. The molecule has 0 amide bonds. The number of aliphatic hydroxyl groups excluding tert-OH is 1. The first kappa shape index (κ1) is 14.8. The summed E-state index contributed by atoms with van der Waals surface area (Å²) in [5.41, 5.74) is 1.03. The zero-order chi connectivity index (χ0) is 13.7. The number of halogens is 2. The Morgan fingerprint density at radius 1 is 1.16 bits per heavy atom. The summed E-state index contributed by atoms with van der Waals surface area (Å²) in [7, 11) is 0. The summed E-state index contributed by atoms with van der Waals surface area (Å²) >= 11 is 6.96. The fourth-order valence-corrected chi connectivity index (χ4v) is 2.97. The second-order valence-electron chi connectivity index (χ2n) is 4.14. The molecule has 0 fully saturated rings. The normalized spacial score (nSPS) is 10.9. The van der Waals surface area contributed by atoms with Crippen molar-refractivity contribution in [1.29, 1.82) is 0 Å². The largest absolute Gasteiger partial charge is 0.460 e. The van der Waals surface area contributed by atoms with E-state index >= 15 is 0 Å². The third kappa shape index (κ3) is 4.18. The molecule has 102 valence electrons. The molecular weight excluding hydrogens is 374 g/mol. The zero-order valence-electron chi connectivity index (χ0n) is 10.3. The second kappa shape index (κ2) is 7.24. The minimum atomic E-state index is 0.211. The Hall–Kier alpha value is -0.620. The lowest BCUT2D eigenvalue weighted by Crippen LogP contribution is -2.15. The predicted octanol–water partition coefficient (Wildman–Crippen LogP) is 3.94. The fourth-order valence-electron chi connectivity index (χ4n) is 1.72. The average molecular weight is 389 g/mol. The van der Waals surface area contributed by atoms with Gasteiger partial charge in [0.15, 0.2) is 0 Å². The van der Waals surface area contributed by atoms with Crippen LogP contribution in [0.4, 0.5) is 0 Å². The van der Waals surface area contributed by atoms with Crippen molar-refractivity contribution in [3.63, 3.8) is 0 Å². The number of furan rings is 1. The molecule has 0 aliphatic heterocycles. The van der Waals surface area contributed by atoms with Crippen LogP contribution in [0, 0.1) is 0 Å². The van der Waals surface area contributed by atoms with Gasteiger partial charge in [0, 0.05) is 21.1 Å². The molecular formula is C14H15Br2NO2. The van der Waals surface area contributed by atoms with E-state index in [4.69, 9.17) is 9.52 Å². The highest BCUT2D eigenvalue weighted by molar-refractivity contribution is 9.11. The highest BCUT2D eigenvalue weighted by Crippen LogP contribution is 2.31. The van der Waals surface area contributed by atoms with Gasteiger partial charge in [0.2, 0.25) is 0 Å². The van der Waals surface area contributed by atoms with Crippen LogP contribution in [0.3, 0.4) is 0 Å². The Labute approximate surface area is 129 Å². The van der Waals surface area contributed by atoms with Gasteiger partial charge in [-0.15, -0.1) is 0 Å². The van der Waals surface area contributed by atoms with Crippen molar-refractivity contribution in [1.82, 2.24) is 5.32 Å². The quantitative estimate of drug-likeness (QED) is 0.736. The Bertz CT molecular complexity index is 540. The molecule has 0 atom stereocenters. The maximum Gasteiger partial charge on any atom is 0.135 e. The van der Waals surface area contributed by atoms with Crippen LogP contribution >= 0.6 is 31.9 Å². The van der Waals surface area contributed by atoms with Crippen LogP contribution in [0.5, 0.6) is 0 Å². The van der Waals surface area contributed by atoms with Crippen molar-refractivity contribution < 1.29 is 9.52 Å². The van der Waals surface area contributed by atoms with E-state index < -0.39 is 0 Å². The number of aliphatic hydroxyl groups is 1. The van der Waals surface area contributed by atoms with Gasteiger partial charge in [0.25, 0.3) is 0 Å². The molecule has 1 aromatic heterocycles. The lowest BCUT2D eigenvalue weighted by molar-refractivity contribution is 0.285. The summed E-state index contributed by atoms with van der Waals surface area (Å²) < 4.78 is 7.82. The average Bonchev–Trinajstić information content (AvgIpc) is 2.83. The summed E-state index contributed by atoms with van der Waals surface area (Å²) in [6.45, 7) is 1.67. The molecule has 2 aromatic rings. The van der Waals surface area contributed by atoms with E-state index in [1.165, 1.54) is 0 Å². The van der Waals surface area contributed by atoms with E-state index in [0.29, 0.717) is 6.54 Å². The van der Waals surface area contributed by atoms with E-state index in [2.05, 4.69) is 37.2 Å². The molecule has 5 heteroatoms. The number of benzene rings is 1. The summed E-state index contributed by atoms with van der Waals surface area (Å²) in [6.07, 6.45) is 0.756. The highest BCUT2D eigenvalue weighted by atomic mass is 79.9. The lowest BCUT2D eigenvalue weighted by atomic mass is 10.2. The van der Waals surface area contributed by atoms with Crippen LogP contribution in [0.25, 0.3) is 11.3 Å². The summed E-state index contributed by atoms with van der Waals surface area (Å²) in [5.74, 6) is 1.74. The van der Waals surface area contributed by atoms with E-state index in [1.807, 2.05) is 30.3 Å². The third-order valence-corrected chi connectivity index (χ3v) is 3.82. The molecule has 0 saturated carbocycles. The van der Waals surface area contributed by atoms with Crippen molar-refractivity contribution in [2.45, 2.75) is 13.0 Å². The van der Waals surface area contributed by atoms with Gasteiger partial charge in [-0.1, -0.05) is 15.9 Å². The molecule has 1 heterocycles. The maximum absolute atomic E-state index is 8.70. The van der Waals surface area contributed by atoms with E-state index in [1.54, 1.807) is 0 Å². The first-order valence-corrected chi connectivity index (χ1v) is 7.65. The fraction of sp³-hybridized carbons (Fsp3) is 0.286. The summed E-state index contributed by atoms with van der Waals surface area (Å²) in [5, 5.41) is 11.9. The molecule has 19 heavy (non-hydrogen) atoms. The van der Waals surface area contributed by atoms with Crippen LogP contribution in [-0.2, 0) is 6.54 Å². The minimum absolute atomic E-state index is 0.211. The van der Waals surface area contributed by atoms with Gasteiger partial charge >= 0.3 is 0 Å². The first-order valence-electron chi connectivity index (χ1n) is 6.06.